The van der Waals surface area contributed by atoms with E-state index in [1.54, 1.807) is 0 Å². The van der Waals surface area contributed by atoms with Crippen LogP contribution in [0.3, 0.4) is 0 Å². The van der Waals surface area contributed by atoms with Crippen LogP contribution in [0.25, 0.3) is 10.9 Å². The highest BCUT2D eigenvalue weighted by Crippen LogP contribution is 2.28. The summed E-state index contributed by atoms with van der Waals surface area (Å²) in [5.41, 5.74) is 8.10. The van der Waals surface area contributed by atoms with Crippen molar-refractivity contribution in [3.8, 4) is 0 Å². The Morgan fingerprint density at radius 3 is 3.00 bits per heavy atom. The Morgan fingerprint density at radius 1 is 1.47 bits per heavy atom. The maximum absolute atomic E-state index is 5.57. The molecule has 1 unspecified atom stereocenters. The number of nitrogens with one attached hydrogen (secondary N) is 1. The summed E-state index contributed by atoms with van der Waals surface area (Å²) in [5.74, 6) is 0.529. The second kappa shape index (κ2) is 4.37. The lowest BCUT2D eigenvalue weighted by Gasteiger charge is -2.10. The molecule has 80 valence electrons. The molecule has 0 aliphatic heterocycles. The summed E-state index contributed by atoms with van der Waals surface area (Å²) in [7, 11) is 0. The number of rotatable bonds is 3. The molecule has 3 N–H and O–H groups in total. The second-order valence-electron chi connectivity index (χ2n) is 3.92. The molecule has 3 heteroatoms. The molecule has 0 saturated heterocycles. The quantitative estimate of drug-likeness (QED) is 0.879. The molecule has 0 amide bonds. The van der Waals surface area contributed by atoms with Crippen LogP contribution in [0.5, 0.6) is 0 Å². The Balaban J connectivity index is 2.41. The second-order valence-corrected chi connectivity index (χ2v) is 4.77. The SMILES string of the molecule is CC(CCN)c1ccc2[nH]cc(Br)c2c1. The van der Waals surface area contributed by atoms with Crippen molar-refractivity contribution >= 4 is 26.8 Å². The molecule has 0 saturated carbocycles. The van der Waals surface area contributed by atoms with Gasteiger partial charge in [-0.25, -0.2) is 0 Å². The first-order valence-corrected chi connectivity index (χ1v) is 5.98. The Bertz CT molecular complexity index is 462. The van der Waals surface area contributed by atoms with Crippen molar-refractivity contribution in [2.75, 3.05) is 6.54 Å². The lowest BCUT2D eigenvalue weighted by atomic mass is 9.97. The molecule has 0 spiro atoms. The number of benzene rings is 1. The van der Waals surface area contributed by atoms with E-state index in [2.05, 4.69) is 46.0 Å². The largest absolute Gasteiger partial charge is 0.360 e. The zero-order chi connectivity index (χ0) is 10.8. The monoisotopic (exact) mass is 266 g/mol. The summed E-state index contributed by atoms with van der Waals surface area (Å²) in [6.45, 7) is 2.96. The first kappa shape index (κ1) is 10.7. The van der Waals surface area contributed by atoms with Gasteiger partial charge in [-0.15, -0.1) is 0 Å². The molecule has 2 rings (SSSR count). The van der Waals surface area contributed by atoms with Crippen molar-refractivity contribution < 1.29 is 0 Å². The van der Waals surface area contributed by atoms with Gasteiger partial charge in [0, 0.05) is 21.6 Å². The van der Waals surface area contributed by atoms with Crippen LogP contribution in [0.1, 0.15) is 24.8 Å². The summed E-state index contributed by atoms with van der Waals surface area (Å²) in [6, 6.07) is 6.53. The predicted octanol–water partition coefficient (Wildman–Crippen LogP) is 3.38. The fourth-order valence-electron chi connectivity index (χ4n) is 1.83. The number of aromatic amines is 1. The Labute approximate surface area is 98.0 Å². The van der Waals surface area contributed by atoms with Gasteiger partial charge in [0.1, 0.15) is 0 Å². The van der Waals surface area contributed by atoms with Gasteiger partial charge in [-0.2, -0.15) is 0 Å². The van der Waals surface area contributed by atoms with Crippen molar-refractivity contribution in [3.05, 3.63) is 34.4 Å². The summed E-state index contributed by atoms with van der Waals surface area (Å²) >= 11 is 3.53. The number of nitrogens with two attached hydrogens (primary N) is 1. The highest BCUT2D eigenvalue weighted by atomic mass is 79.9. The van der Waals surface area contributed by atoms with E-state index in [4.69, 9.17) is 5.73 Å². The molecule has 0 fully saturated rings. The van der Waals surface area contributed by atoms with Gasteiger partial charge in [-0.05, 0) is 52.5 Å². The van der Waals surface area contributed by atoms with E-state index in [1.807, 2.05) is 6.20 Å². The maximum Gasteiger partial charge on any atom is 0.0465 e. The average molecular weight is 267 g/mol. The van der Waals surface area contributed by atoms with Crippen LogP contribution in [0.2, 0.25) is 0 Å². The smallest absolute Gasteiger partial charge is 0.0465 e. The van der Waals surface area contributed by atoms with Gasteiger partial charge in [0.05, 0.1) is 0 Å². The van der Waals surface area contributed by atoms with Crippen LogP contribution >= 0.6 is 15.9 Å². The number of hydrogen-bond acceptors (Lipinski definition) is 1. The molecular formula is C12H15BrN2. The maximum atomic E-state index is 5.57. The van der Waals surface area contributed by atoms with E-state index in [0.29, 0.717) is 5.92 Å². The third kappa shape index (κ3) is 2.08. The van der Waals surface area contributed by atoms with Crippen LogP contribution in [0, 0.1) is 0 Å². The molecule has 1 atom stereocenters. The average Bonchev–Trinajstić information content (AvgIpc) is 2.60. The van der Waals surface area contributed by atoms with Crippen LogP contribution in [0.4, 0.5) is 0 Å². The van der Waals surface area contributed by atoms with Gasteiger partial charge in [-0.1, -0.05) is 13.0 Å². The molecule has 1 heterocycles. The zero-order valence-corrected chi connectivity index (χ0v) is 10.3. The van der Waals surface area contributed by atoms with E-state index in [-0.39, 0.29) is 0 Å². The van der Waals surface area contributed by atoms with E-state index in [9.17, 15) is 0 Å². The summed E-state index contributed by atoms with van der Waals surface area (Å²) in [5, 5.41) is 1.25. The van der Waals surface area contributed by atoms with Crippen molar-refractivity contribution in [1.82, 2.24) is 4.98 Å². The predicted molar refractivity (Wildman–Crippen MR) is 68.1 cm³/mol. The summed E-state index contributed by atoms with van der Waals surface area (Å²) in [4.78, 5) is 3.21. The number of fused-ring (bicyclic) bond motifs is 1. The van der Waals surface area contributed by atoms with E-state index >= 15 is 0 Å². The fraction of sp³-hybridized carbons (Fsp3) is 0.333. The molecular weight excluding hydrogens is 252 g/mol. The molecule has 0 radical (unpaired) electrons. The first-order valence-electron chi connectivity index (χ1n) is 5.19. The van der Waals surface area contributed by atoms with Gasteiger partial charge in [-0.3, -0.25) is 0 Å². The molecule has 2 aromatic rings. The minimum absolute atomic E-state index is 0.529. The van der Waals surface area contributed by atoms with Crippen molar-refractivity contribution in [2.45, 2.75) is 19.3 Å². The van der Waals surface area contributed by atoms with Gasteiger partial charge < -0.3 is 10.7 Å². The Morgan fingerprint density at radius 2 is 2.27 bits per heavy atom. The fourth-order valence-corrected chi connectivity index (χ4v) is 2.27. The summed E-state index contributed by atoms with van der Waals surface area (Å²) in [6.07, 6.45) is 3.01. The Kier molecular flexibility index (Phi) is 3.12. The first-order chi connectivity index (χ1) is 7.22. The van der Waals surface area contributed by atoms with Crippen LogP contribution < -0.4 is 5.73 Å². The highest BCUT2D eigenvalue weighted by molar-refractivity contribution is 9.10. The molecule has 0 aliphatic carbocycles. The van der Waals surface area contributed by atoms with E-state index in [1.165, 1.54) is 16.5 Å². The normalized spacial score (nSPS) is 13.3. The third-order valence-corrected chi connectivity index (χ3v) is 3.48. The van der Waals surface area contributed by atoms with Gasteiger partial charge in [0.15, 0.2) is 0 Å². The molecule has 1 aromatic carbocycles. The molecule has 0 aliphatic rings. The number of hydrogen-bond donors (Lipinski definition) is 2. The Hall–Kier alpha value is -0.800. The van der Waals surface area contributed by atoms with Crippen molar-refractivity contribution in [2.24, 2.45) is 5.73 Å². The molecule has 0 bridgehead atoms. The van der Waals surface area contributed by atoms with Crippen molar-refractivity contribution in [1.29, 1.82) is 0 Å². The van der Waals surface area contributed by atoms with Crippen LogP contribution in [0.15, 0.2) is 28.9 Å². The molecule has 2 nitrogen and oxygen atoms in total. The lowest BCUT2D eigenvalue weighted by Crippen LogP contribution is -2.04. The number of halogens is 1. The number of aromatic nitrogens is 1. The minimum atomic E-state index is 0.529. The van der Waals surface area contributed by atoms with E-state index in [0.717, 1.165) is 17.4 Å². The van der Waals surface area contributed by atoms with Crippen LogP contribution in [-0.2, 0) is 0 Å². The standard InChI is InChI=1S/C12H15BrN2/c1-8(4-5-14)9-2-3-12-10(6-9)11(13)7-15-12/h2-3,6-8,15H,4-5,14H2,1H3. The van der Waals surface area contributed by atoms with Crippen LogP contribution in [-0.4, -0.2) is 11.5 Å². The highest BCUT2D eigenvalue weighted by Gasteiger charge is 2.07. The van der Waals surface area contributed by atoms with Gasteiger partial charge in [0.25, 0.3) is 0 Å². The summed E-state index contributed by atoms with van der Waals surface area (Å²) < 4.78 is 1.12. The molecule has 1 aromatic heterocycles. The number of H-pyrrole nitrogens is 1. The van der Waals surface area contributed by atoms with Crippen molar-refractivity contribution in [3.63, 3.8) is 0 Å². The minimum Gasteiger partial charge on any atom is -0.360 e. The van der Waals surface area contributed by atoms with Gasteiger partial charge in [0.2, 0.25) is 0 Å². The zero-order valence-electron chi connectivity index (χ0n) is 8.76. The molecule has 15 heavy (non-hydrogen) atoms. The van der Waals surface area contributed by atoms with Gasteiger partial charge >= 0.3 is 0 Å². The lowest BCUT2D eigenvalue weighted by molar-refractivity contribution is 0.691. The topological polar surface area (TPSA) is 41.8 Å². The van der Waals surface area contributed by atoms with E-state index < -0.39 is 0 Å². The third-order valence-electron chi connectivity index (χ3n) is 2.82.